The number of ether oxygens (including phenoxy) is 1. The van der Waals surface area contributed by atoms with E-state index in [1.165, 1.54) is 0 Å². The first-order chi connectivity index (χ1) is 9.45. The standard InChI is InChI=1S/C15H17NO4/c1-9-11(5-7-14(17)18)15(19)12-8-10(20-3)4-6-13(12)16(9)2/h4,6,8H,5,7H2,1-3H3,(H,17,18). The molecule has 5 nitrogen and oxygen atoms in total. The Hall–Kier alpha value is -2.30. The molecule has 2 aromatic rings. The van der Waals surface area contributed by atoms with Crippen LogP contribution in [0, 0.1) is 6.92 Å². The van der Waals surface area contributed by atoms with Crippen LogP contribution in [0.1, 0.15) is 17.7 Å². The molecule has 0 saturated carbocycles. The fourth-order valence-corrected chi connectivity index (χ4v) is 2.35. The summed E-state index contributed by atoms with van der Waals surface area (Å²) in [4.78, 5) is 23.2. The number of benzene rings is 1. The van der Waals surface area contributed by atoms with Gasteiger partial charge in [-0.3, -0.25) is 9.59 Å². The maximum Gasteiger partial charge on any atom is 0.303 e. The molecule has 0 atom stereocenters. The van der Waals surface area contributed by atoms with E-state index >= 15 is 0 Å². The molecular weight excluding hydrogens is 258 g/mol. The lowest BCUT2D eigenvalue weighted by Crippen LogP contribution is -2.18. The van der Waals surface area contributed by atoms with Crippen molar-refractivity contribution in [3.05, 3.63) is 39.7 Å². The largest absolute Gasteiger partial charge is 0.497 e. The molecule has 0 unspecified atom stereocenters. The van der Waals surface area contributed by atoms with E-state index in [1.54, 1.807) is 19.2 Å². The summed E-state index contributed by atoms with van der Waals surface area (Å²) in [6, 6.07) is 5.34. The lowest BCUT2D eigenvalue weighted by Gasteiger charge is -2.14. The molecule has 0 aliphatic rings. The number of aryl methyl sites for hydroxylation is 1. The van der Waals surface area contributed by atoms with E-state index in [2.05, 4.69) is 0 Å². The zero-order valence-electron chi connectivity index (χ0n) is 11.8. The van der Waals surface area contributed by atoms with Gasteiger partial charge in [-0.1, -0.05) is 0 Å². The molecule has 0 radical (unpaired) electrons. The van der Waals surface area contributed by atoms with Crippen LogP contribution in [0.2, 0.25) is 0 Å². The number of hydrogen-bond acceptors (Lipinski definition) is 3. The minimum Gasteiger partial charge on any atom is -0.497 e. The summed E-state index contributed by atoms with van der Waals surface area (Å²) >= 11 is 0. The van der Waals surface area contributed by atoms with Gasteiger partial charge in [-0.05, 0) is 31.5 Å². The second kappa shape index (κ2) is 5.36. The highest BCUT2D eigenvalue weighted by Gasteiger charge is 2.13. The molecule has 1 aromatic carbocycles. The molecule has 5 heteroatoms. The van der Waals surface area contributed by atoms with Crippen molar-refractivity contribution in [2.75, 3.05) is 7.11 Å². The van der Waals surface area contributed by atoms with Crippen molar-refractivity contribution in [2.45, 2.75) is 19.8 Å². The van der Waals surface area contributed by atoms with Gasteiger partial charge in [0, 0.05) is 30.1 Å². The molecule has 0 fully saturated rings. The van der Waals surface area contributed by atoms with Crippen LogP contribution in [0.3, 0.4) is 0 Å². The van der Waals surface area contributed by atoms with Gasteiger partial charge < -0.3 is 14.4 Å². The highest BCUT2D eigenvalue weighted by molar-refractivity contribution is 5.82. The van der Waals surface area contributed by atoms with E-state index in [0.29, 0.717) is 16.7 Å². The average Bonchev–Trinajstić information content (AvgIpc) is 2.44. The molecule has 1 N–H and O–H groups in total. The monoisotopic (exact) mass is 275 g/mol. The van der Waals surface area contributed by atoms with E-state index < -0.39 is 5.97 Å². The normalized spacial score (nSPS) is 10.8. The summed E-state index contributed by atoms with van der Waals surface area (Å²) in [7, 11) is 3.42. The SMILES string of the molecule is COc1ccc2c(c1)c(=O)c(CCC(=O)O)c(C)n2C. The quantitative estimate of drug-likeness (QED) is 0.925. The van der Waals surface area contributed by atoms with Crippen LogP contribution in [0.4, 0.5) is 0 Å². The van der Waals surface area contributed by atoms with Crippen LogP contribution in [0.15, 0.2) is 23.0 Å². The van der Waals surface area contributed by atoms with Crippen LogP contribution in [0.25, 0.3) is 10.9 Å². The summed E-state index contributed by atoms with van der Waals surface area (Å²) in [5.41, 5.74) is 2.05. The topological polar surface area (TPSA) is 68.5 Å². The van der Waals surface area contributed by atoms with Crippen LogP contribution < -0.4 is 10.2 Å². The maximum absolute atomic E-state index is 12.5. The van der Waals surface area contributed by atoms with Crippen LogP contribution in [-0.2, 0) is 18.3 Å². The van der Waals surface area contributed by atoms with Crippen molar-refractivity contribution in [3.63, 3.8) is 0 Å². The second-order valence-electron chi connectivity index (χ2n) is 4.73. The summed E-state index contributed by atoms with van der Waals surface area (Å²) in [5, 5.41) is 9.35. The molecule has 2 rings (SSSR count). The number of carboxylic acid groups (broad SMARTS) is 1. The Balaban J connectivity index is 2.69. The van der Waals surface area contributed by atoms with Gasteiger partial charge in [0.25, 0.3) is 0 Å². The van der Waals surface area contributed by atoms with Gasteiger partial charge in [-0.25, -0.2) is 0 Å². The van der Waals surface area contributed by atoms with Gasteiger partial charge in [-0.2, -0.15) is 0 Å². The summed E-state index contributed by atoms with van der Waals surface area (Å²) in [5.74, 6) is -0.292. The van der Waals surface area contributed by atoms with Crippen LogP contribution >= 0.6 is 0 Å². The van der Waals surface area contributed by atoms with E-state index in [4.69, 9.17) is 9.84 Å². The Kier molecular flexibility index (Phi) is 3.79. The Morgan fingerprint density at radius 1 is 1.40 bits per heavy atom. The Morgan fingerprint density at radius 2 is 2.10 bits per heavy atom. The number of pyridine rings is 1. The van der Waals surface area contributed by atoms with E-state index in [0.717, 1.165) is 11.2 Å². The number of rotatable bonds is 4. The zero-order valence-corrected chi connectivity index (χ0v) is 11.8. The first-order valence-corrected chi connectivity index (χ1v) is 6.33. The summed E-state index contributed by atoms with van der Waals surface area (Å²) < 4.78 is 7.05. The number of fused-ring (bicyclic) bond motifs is 1. The molecule has 0 amide bonds. The number of aliphatic carboxylic acids is 1. The molecule has 20 heavy (non-hydrogen) atoms. The molecule has 1 aromatic heterocycles. The van der Waals surface area contributed by atoms with E-state index in [1.807, 2.05) is 24.6 Å². The number of aromatic nitrogens is 1. The third-order valence-corrected chi connectivity index (χ3v) is 3.61. The van der Waals surface area contributed by atoms with Gasteiger partial charge in [-0.15, -0.1) is 0 Å². The van der Waals surface area contributed by atoms with Crippen molar-refractivity contribution in [1.82, 2.24) is 4.57 Å². The number of carboxylic acids is 1. The van der Waals surface area contributed by atoms with Gasteiger partial charge in [0.15, 0.2) is 5.43 Å². The van der Waals surface area contributed by atoms with Gasteiger partial charge in [0.05, 0.1) is 12.6 Å². The number of hydrogen-bond donors (Lipinski definition) is 1. The highest BCUT2D eigenvalue weighted by atomic mass is 16.5. The van der Waals surface area contributed by atoms with E-state index in [-0.39, 0.29) is 18.3 Å². The molecule has 0 aliphatic heterocycles. The molecular formula is C15H17NO4. The average molecular weight is 275 g/mol. The minimum absolute atomic E-state index is 0.0500. The summed E-state index contributed by atoms with van der Waals surface area (Å²) in [6.07, 6.45) is 0.187. The lowest BCUT2D eigenvalue weighted by molar-refractivity contribution is -0.136. The zero-order chi connectivity index (χ0) is 14.9. The fraction of sp³-hybridized carbons (Fsp3) is 0.333. The van der Waals surface area contributed by atoms with Crippen molar-refractivity contribution in [1.29, 1.82) is 0 Å². The molecule has 0 saturated heterocycles. The Bertz CT molecular complexity index is 731. The molecule has 106 valence electrons. The molecule has 0 bridgehead atoms. The first kappa shape index (κ1) is 14.1. The third kappa shape index (κ3) is 2.39. The van der Waals surface area contributed by atoms with Crippen LogP contribution in [-0.4, -0.2) is 22.8 Å². The van der Waals surface area contributed by atoms with Crippen molar-refractivity contribution in [3.8, 4) is 5.75 Å². The maximum atomic E-state index is 12.5. The fourth-order valence-electron chi connectivity index (χ4n) is 2.35. The summed E-state index contributed by atoms with van der Waals surface area (Å²) in [6.45, 7) is 1.84. The Morgan fingerprint density at radius 3 is 2.70 bits per heavy atom. The van der Waals surface area contributed by atoms with Crippen molar-refractivity contribution in [2.24, 2.45) is 7.05 Å². The van der Waals surface area contributed by atoms with E-state index in [9.17, 15) is 9.59 Å². The lowest BCUT2D eigenvalue weighted by atomic mass is 10.0. The minimum atomic E-state index is -0.905. The predicted molar refractivity (Wildman–Crippen MR) is 76.4 cm³/mol. The predicted octanol–water partition coefficient (Wildman–Crippen LogP) is 1.87. The second-order valence-corrected chi connectivity index (χ2v) is 4.73. The van der Waals surface area contributed by atoms with Crippen LogP contribution in [0.5, 0.6) is 5.75 Å². The van der Waals surface area contributed by atoms with Gasteiger partial charge in [0.2, 0.25) is 0 Å². The van der Waals surface area contributed by atoms with Crippen molar-refractivity contribution >= 4 is 16.9 Å². The number of nitrogens with zero attached hydrogens (tertiary/aromatic N) is 1. The molecule has 0 aliphatic carbocycles. The van der Waals surface area contributed by atoms with Gasteiger partial charge in [0.1, 0.15) is 5.75 Å². The first-order valence-electron chi connectivity index (χ1n) is 6.33. The smallest absolute Gasteiger partial charge is 0.303 e. The number of carbonyl (C=O) groups is 1. The van der Waals surface area contributed by atoms with Crippen molar-refractivity contribution < 1.29 is 14.6 Å². The molecule has 0 spiro atoms. The highest BCUT2D eigenvalue weighted by Crippen LogP contribution is 2.20. The Labute approximate surface area is 116 Å². The number of methoxy groups -OCH3 is 1. The third-order valence-electron chi connectivity index (χ3n) is 3.61. The molecule has 1 heterocycles. The van der Waals surface area contributed by atoms with Gasteiger partial charge >= 0.3 is 5.97 Å².